The Labute approximate surface area is 45.0 Å². The third-order valence-corrected chi connectivity index (χ3v) is 1.15. The summed E-state index contributed by atoms with van der Waals surface area (Å²) in [6.45, 7) is 2.86. The van der Waals surface area contributed by atoms with Gasteiger partial charge in [-0.05, 0) is 6.42 Å². The lowest BCUT2D eigenvalue weighted by atomic mass is 9.51. The van der Waals surface area contributed by atoms with Crippen molar-refractivity contribution in [2.45, 2.75) is 13.2 Å². The van der Waals surface area contributed by atoms with Crippen LogP contribution >= 0.6 is 0 Å². The molecule has 0 bridgehead atoms. The van der Waals surface area contributed by atoms with E-state index in [1.54, 1.807) is 0 Å². The van der Waals surface area contributed by atoms with Crippen molar-refractivity contribution in [2.75, 3.05) is 0 Å². The van der Waals surface area contributed by atoms with Gasteiger partial charge in [0.2, 0.25) is 0 Å². The van der Waals surface area contributed by atoms with Crippen molar-refractivity contribution in [1.82, 2.24) is 0 Å². The average molecular weight is 92.0 g/mol. The molecule has 1 aliphatic rings. The van der Waals surface area contributed by atoms with Gasteiger partial charge in [-0.3, -0.25) is 0 Å². The monoisotopic (exact) mass is 92.1 g/mol. The molecule has 36 valence electrons. The molecule has 1 heteroatoms. The van der Waals surface area contributed by atoms with Crippen molar-refractivity contribution in [1.29, 1.82) is 0 Å². The lowest BCUT2D eigenvalue weighted by molar-refractivity contribution is 1.39. The molecule has 0 amide bonds. The largest absolute Gasteiger partial charge is 0.188 e. The highest BCUT2D eigenvalue weighted by Gasteiger charge is 1.95. The first kappa shape index (κ1) is 4.70. The summed E-state index contributed by atoms with van der Waals surface area (Å²) < 4.78 is 0. The fourth-order valence-electron chi connectivity index (χ4n) is 0.729. The molecule has 0 unspecified atom stereocenters. The fourth-order valence-corrected chi connectivity index (χ4v) is 0.729. The van der Waals surface area contributed by atoms with Crippen molar-refractivity contribution in [3.63, 3.8) is 0 Å². The second-order valence-electron chi connectivity index (χ2n) is 1.95. The van der Waals surface area contributed by atoms with Crippen LogP contribution in [0.4, 0.5) is 0 Å². The third-order valence-electron chi connectivity index (χ3n) is 1.15. The molecule has 0 fully saturated rings. The van der Waals surface area contributed by atoms with E-state index in [9.17, 15) is 0 Å². The maximum Gasteiger partial charge on any atom is 0.188 e. The summed E-state index contributed by atoms with van der Waals surface area (Å²) >= 11 is 0. The molecule has 1 aliphatic heterocycles. The molecule has 0 spiro atoms. The van der Waals surface area contributed by atoms with E-state index in [2.05, 4.69) is 30.9 Å². The van der Waals surface area contributed by atoms with Gasteiger partial charge in [-0.2, -0.15) is 0 Å². The van der Waals surface area contributed by atoms with E-state index in [0.717, 1.165) is 6.42 Å². The van der Waals surface area contributed by atoms with E-state index in [1.807, 2.05) is 0 Å². The molecule has 7 heavy (non-hydrogen) atoms. The lowest BCUT2D eigenvalue weighted by Crippen LogP contribution is -1.99. The Kier molecular flexibility index (Phi) is 1.35. The highest BCUT2D eigenvalue weighted by Crippen LogP contribution is 1.97. The zero-order valence-corrected chi connectivity index (χ0v) is 4.59. The van der Waals surface area contributed by atoms with Crippen LogP contribution in [-0.4, -0.2) is 6.71 Å². The first-order valence-corrected chi connectivity index (χ1v) is 2.73. The van der Waals surface area contributed by atoms with Crippen LogP contribution in [0.5, 0.6) is 0 Å². The summed E-state index contributed by atoms with van der Waals surface area (Å²) in [5.74, 6) is 4.44. The smallest absolute Gasteiger partial charge is 0.114 e. The van der Waals surface area contributed by atoms with Gasteiger partial charge in [-0.1, -0.05) is 19.0 Å². The Morgan fingerprint density at radius 3 is 2.14 bits per heavy atom. The van der Waals surface area contributed by atoms with Crippen molar-refractivity contribution < 1.29 is 0 Å². The zero-order valence-electron chi connectivity index (χ0n) is 4.59. The Hall–Kier alpha value is -0.455. The van der Waals surface area contributed by atoms with Crippen LogP contribution in [0.2, 0.25) is 6.82 Å². The summed E-state index contributed by atoms with van der Waals surface area (Å²) in [6, 6.07) is 0. The van der Waals surface area contributed by atoms with Crippen LogP contribution in [0, 0.1) is 0 Å². The molecular weight excluding hydrogens is 82.9 g/mol. The van der Waals surface area contributed by atoms with E-state index in [1.165, 1.54) is 0 Å². The summed E-state index contributed by atoms with van der Waals surface area (Å²) in [6.07, 6.45) is 5.53. The first-order chi connectivity index (χ1) is 3.39. The van der Waals surface area contributed by atoms with E-state index in [-0.39, 0.29) is 0 Å². The van der Waals surface area contributed by atoms with Crippen molar-refractivity contribution in [2.24, 2.45) is 0 Å². The topological polar surface area (TPSA) is 0 Å². The standard InChI is InChI=1S/C6H9B/c1-7-5-3-2-4-6-7/h3-6H,2H2,1H3. The Morgan fingerprint density at radius 1 is 1.29 bits per heavy atom. The molecule has 1 heterocycles. The Bertz CT molecular complexity index is 90.7. The molecule has 0 aromatic carbocycles. The molecule has 0 aromatic rings. The summed E-state index contributed by atoms with van der Waals surface area (Å²) in [5, 5.41) is 0. The second-order valence-corrected chi connectivity index (χ2v) is 1.95. The van der Waals surface area contributed by atoms with Crippen LogP contribution in [0.3, 0.4) is 0 Å². The van der Waals surface area contributed by atoms with Gasteiger partial charge in [0.05, 0.1) is 0 Å². The van der Waals surface area contributed by atoms with Gasteiger partial charge in [0.1, 0.15) is 0 Å². The maximum atomic E-state index is 2.22. The molecule has 0 aromatic heterocycles. The van der Waals surface area contributed by atoms with Gasteiger partial charge in [-0.25, -0.2) is 0 Å². The van der Waals surface area contributed by atoms with E-state index < -0.39 is 0 Å². The summed E-state index contributed by atoms with van der Waals surface area (Å²) in [4.78, 5) is 0. The molecule has 0 saturated heterocycles. The van der Waals surface area contributed by atoms with E-state index in [0.29, 0.717) is 6.71 Å². The first-order valence-electron chi connectivity index (χ1n) is 2.73. The molecule has 0 atom stereocenters. The average Bonchev–Trinajstić information content (AvgIpc) is 1.69. The van der Waals surface area contributed by atoms with Crippen LogP contribution in [0.1, 0.15) is 6.42 Å². The third kappa shape index (κ3) is 1.22. The molecule has 0 aliphatic carbocycles. The minimum absolute atomic E-state index is 0.675. The predicted octanol–water partition coefficient (Wildman–Crippen LogP) is 1.71. The SMILES string of the molecule is CB1C=CCC=C1. The van der Waals surface area contributed by atoms with Crippen LogP contribution in [0.25, 0.3) is 0 Å². The van der Waals surface area contributed by atoms with Gasteiger partial charge < -0.3 is 0 Å². The van der Waals surface area contributed by atoms with Crippen LogP contribution in [-0.2, 0) is 0 Å². The lowest BCUT2D eigenvalue weighted by Gasteiger charge is -1.96. The van der Waals surface area contributed by atoms with E-state index in [4.69, 9.17) is 0 Å². The van der Waals surface area contributed by atoms with Crippen molar-refractivity contribution in [3.05, 3.63) is 24.1 Å². The van der Waals surface area contributed by atoms with Gasteiger partial charge in [0.15, 0.2) is 6.71 Å². The van der Waals surface area contributed by atoms with Crippen LogP contribution in [0.15, 0.2) is 24.1 Å². The minimum atomic E-state index is 0.675. The van der Waals surface area contributed by atoms with Gasteiger partial charge >= 0.3 is 0 Å². The molecule has 0 saturated carbocycles. The van der Waals surface area contributed by atoms with Crippen LogP contribution < -0.4 is 0 Å². The molecule has 0 N–H and O–H groups in total. The fraction of sp³-hybridized carbons (Fsp3) is 0.333. The quantitative estimate of drug-likeness (QED) is 0.399. The minimum Gasteiger partial charge on any atom is -0.114 e. The van der Waals surface area contributed by atoms with Crippen molar-refractivity contribution >= 4 is 6.71 Å². The molecule has 0 nitrogen and oxygen atoms in total. The van der Waals surface area contributed by atoms with Crippen molar-refractivity contribution in [3.8, 4) is 0 Å². The number of hydrogen-bond acceptors (Lipinski definition) is 0. The molecule has 0 radical (unpaired) electrons. The maximum absolute atomic E-state index is 2.22. The second kappa shape index (κ2) is 2.01. The number of allylic oxidation sites excluding steroid dienone is 2. The normalized spacial score (nSPS) is 18.1. The summed E-state index contributed by atoms with van der Waals surface area (Å²) in [5.41, 5.74) is 0. The molecule has 1 rings (SSSR count). The van der Waals surface area contributed by atoms with Gasteiger partial charge in [0, 0.05) is 0 Å². The highest BCUT2D eigenvalue weighted by atomic mass is 13.7. The highest BCUT2D eigenvalue weighted by molar-refractivity contribution is 6.68. The van der Waals surface area contributed by atoms with E-state index >= 15 is 0 Å². The predicted molar refractivity (Wildman–Crippen MR) is 34.5 cm³/mol. The summed E-state index contributed by atoms with van der Waals surface area (Å²) in [7, 11) is 0. The number of rotatable bonds is 0. The Morgan fingerprint density at radius 2 is 1.86 bits per heavy atom. The Balaban J connectivity index is 2.49. The zero-order chi connectivity index (χ0) is 5.11. The number of hydrogen-bond donors (Lipinski definition) is 0. The van der Waals surface area contributed by atoms with Gasteiger partial charge in [-0.15, -0.1) is 12.0 Å². The van der Waals surface area contributed by atoms with Gasteiger partial charge in [0.25, 0.3) is 0 Å². The molecular formula is C6H9B.